The molecule has 0 radical (unpaired) electrons. The average molecular weight is 935 g/mol. The minimum Gasteiger partial charge on any atom is -0.455 e. The fourth-order valence-corrected chi connectivity index (χ4v) is 11.1. The predicted molar refractivity (Wildman–Crippen MR) is 307 cm³/mol. The third-order valence-corrected chi connectivity index (χ3v) is 14.2. The van der Waals surface area contributed by atoms with Crippen molar-refractivity contribution in [2.75, 3.05) is 14.7 Å². The largest absolute Gasteiger partial charge is 0.455 e. The van der Waals surface area contributed by atoms with Crippen LogP contribution in [0.25, 0.3) is 71.0 Å². The van der Waals surface area contributed by atoms with Gasteiger partial charge in [-0.25, -0.2) is 0 Å². The van der Waals surface area contributed by atoms with Crippen molar-refractivity contribution in [2.45, 2.75) is 0 Å². The highest BCUT2D eigenvalue weighted by atomic mass is 16.3. The van der Waals surface area contributed by atoms with E-state index in [4.69, 9.17) is 4.42 Å². The Labute approximate surface area is 422 Å². The number of anilines is 9. The lowest BCUT2D eigenvalue weighted by Crippen LogP contribution is -2.15. The van der Waals surface area contributed by atoms with Gasteiger partial charge in [0.25, 0.3) is 0 Å². The molecule has 0 fully saturated rings. The fraction of sp³-hybridized carbons (Fsp3) is 0. The molecule has 0 aliphatic carbocycles. The van der Waals surface area contributed by atoms with Crippen molar-refractivity contribution in [3.8, 4) is 5.69 Å². The van der Waals surface area contributed by atoms with E-state index < -0.39 is 0 Å². The Morgan fingerprint density at radius 2 is 0.630 bits per heavy atom. The summed E-state index contributed by atoms with van der Waals surface area (Å²) in [6.45, 7) is 0. The van der Waals surface area contributed by atoms with E-state index in [1.165, 1.54) is 16.2 Å². The van der Waals surface area contributed by atoms with Crippen LogP contribution in [0.2, 0.25) is 0 Å². The second-order valence-electron chi connectivity index (χ2n) is 18.5. The van der Waals surface area contributed by atoms with Gasteiger partial charge in [0.15, 0.2) is 0 Å². The predicted octanol–water partition coefficient (Wildman–Crippen LogP) is 19.4. The van der Waals surface area contributed by atoms with Gasteiger partial charge >= 0.3 is 0 Å². The van der Waals surface area contributed by atoms with Gasteiger partial charge in [0.1, 0.15) is 11.2 Å². The number of hydrogen-bond acceptors (Lipinski definition) is 4. The SMILES string of the molecule is c1ccc(N(c2ccccc2)c2cccc(N(c3ccccc3)c3cc(N(c4ccccc4)c4ccc5c6ccccc6c6oc7ccccc7c6c5c4)cc(-n4c5ccccc5c5ccccc54)c3)c2)cc1. The molecule has 0 aliphatic heterocycles. The van der Waals surface area contributed by atoms with Gasteiger partial charge in [-0.3, -0.25) is 0 Å². The summed E-state index contributed by atoms with van der Waals surface area (Å²) in [5.41, 5.74) is 14.4. The van der Waals surface area contributed by atoms with Crippen LogP contribution < -0.4 is 14.7 Å². The number of hydrogen-bond donors (Lipinski definition) is 0. The maximum absolute atomic E-state index is 6.75. The first-order chi connectivity index (χ1) is 36.2. The van der Waals surface area contributed by atoms with E-state index in [-0.39, 0.29) is 0 Å². The number of para-hydroxylation sites is 7. The number of nitrogens with zero attached hydrogens (tertiary/aromatic N) is 4. The van der Waals surface area contributed by atoms with Crippen molar-refractivity contribution in [1.29, 1.82) is 0 Å². The number of rotatable bonds is 10. The first kappa shape index (κ1) is 42.1. The van der Waals surface area contributed by atoms with Crippen molar-refractivity contribution < 1.29 is 4.42 Å². The summed E-state index contributed by atoms with van der Waals surface area (Å²) in [6, 6.07) is 100. The monoisotopic (exact) mass is 934 g/mol. The van der Waals surface area contributed by atoms with Crippen LogP contribution in [0.4, 0.5) is 51.2 Å². The third kappa shape index (κ3) is 7.17. The molecule has 2 heterocycles. The summed E-state index contributed by atoms with van der Waals surface area (Å²) >= 11 is 0. The summed E-state index contributed by atoms with van der Waals surface area (Å²) in [6.07, 6.45) is 0. The maximum Gasteiger partial charge on any atom is 0.143 e. The van der Waals surface area contributed by atoms with Gasteiger partial charge in [-0.2, -0.15) is 0 Å². The molecular formula is C68H46N4O. The van der Waals surface area contributed by atoms with Crippen LogP contribution in [0.15, 0.2) is 283 Å². The average Bonchev–Trinajstić information content (AvgIpc) is 4.02. The van der Waals surface area contributed by atoms with Gasteiger partial charge in [-0.05, 0) is 131 Å². The molecule has 0 saturated carbocycles. The summed E-state index contributed by atoms with van der Waals surface area (Å²) in [5.74, 6) is 0. The normalized spacial score (nSPS) is 11.6. The van der Waals surface area contributed by atoms with Gasteiger partial charge in [-0.1, -0.05) is 164 Å². The zero-order chi connectivity index (χ0) is 48.2. The number of furan rings is 1. The second-order valence-corrected chi connectivity index (χ2v) is 18.5. The van der Waals surface area contributed by atoms with Crippen LogP contribution in [0, 0.1) is 0 Å². The van der Waals surface area contributed by atoms with Crippen molar-refractivity contribution in [2.24, 2.45) is 0 Å². The quantitative estimate of drug-likeness (QED) is 0.128. The van der Waals surface area contributed by atoms with Crippen LogP contribution >= 0.6 is 0 Å². The van der Waals surface area contributed by atoms with Crippen LogP contribution in [0.1, 0.15) is 0 Å². The first-order valence-electron chi connectivity index (χ1n) is 24.8. The molecule has 14 rings (SSSR count). The maximum atomic E-state index is 6.75. The van der Waals surface area contributed by atoms with Crippen LogP contribution in [0.5, 0.6) is 0 Å². The van der Waals surface area contributed by atoms with Gasteiger partial charge in [-0.15, -0.1) is 0 Å². The van der Waals surface area contributed by atoms with E-state index in [0.29, 0.717) is 0 Å². The fourth-order valence-electron chi connectivity index (χ4n) is 11.1. The summed E-state index contributed by atoms with van der Waals surface area (Å²) in [7, 11) is 0. The van der Waals surface area contributed by atoms with E-state index in [0.717, 1.165) is 106 Å². The van der Waals surface area contributed by atoms with E-state index in [1.807, 2.05) is 0 Å². The molecule has 5 heteroatoms. The molecule has 14 aromatic rings. The lowest BCUT2D eigenvalue weighted by molar-refractivity contribution is 0.673. The van der Waals surface area contributed by atoms with Crippen LogP contribution in [0.3, 0.4) is 0 Å². The van der Waals surface area contributed by atoms with E-state index in [9.17, 15) is 0 Å². The van der Waals surface area contributed by atoms with Crippen molar-refractivity contribution >= 4 is 116 Å². The van der Waals surface area contributed by atoms with E-state index in [2.05, 4.69) is 298 Å². The molecule has 0 spiro atoms. The highest BCUT2D eigenvalue weighted by Gasteiger charge is 2.24. The minimum atomic E-state index is 0.879. The molecule has 0 amide bonds. The number of fused-ring (bicyclic) bond motifs is 11. The molecule has 0 aliphatic rings. The molecule has 2 aromatic heterocycles. The molecule has 0 atom stereocenters. The molecule has 12 aromatic carbocycles. The summed E-state index contributed by atoms with van der Waals surface area (Å²) < 4.78 is 9.18. The molecule has 5 nitrogen and oxygen atoms in total. The highest BCUT2D eigenvalue weighted by Crippen LogP contribution is 2.48. The summed E-state index contributed by atoms with van der Waals surface area (Å²) in [4.78, 5) is 7.14. The Balaban J connectivity index is 1.05. The lowest BCUT2D eigenvalue weighted by atomic mass is 9.96. The Morgan fingerprint density at radius 1 is 0.247 bits per heavy atom. The number of aromatic nitrogens is 1. The molecule has 73 heavy (non-hydrogen) atoms. The molecule has 344 valence electrons. The first-order valence-corrected chi connectivity index (χ1v) is 24.8. The summed E-state index contributed by atoms with van der Waals surface area (Å²) in [5, 5.41) is 9.23. The van der Waals surface area contributed by atoms with E-state index >= 15 is 0 Å². The van der Waals surface area contributed by atoms with Crippen LogP contribution in [-0.4, -0.2) is 4.57 Å². The molecular weight excluding hydrogens is 889 g/mol. The highest BCUT2D eigenvalue weighted by molar-refractivity contribution is 6.30. The molecule has 0 N–H and O–H groups in total. The molecule has 0 bridgehead atoms. The van der Waals surface area contributed by atoms with Gasteiger partial charge in [0.05, 0.1) is 28.1 Å². The zero-order valence-electron chi connectivity index (χ0n) is 39.8. The Hall–Kier alpha value is -9.84. The minimum absolute atomic E-state index is 0.879. The zero-order valence-corrected chi connectivity index (χ0v) is 39.8. The van der Waals surface area contributed by atoms with Crippen molar-refractivity contribution in [1.82, 2.24) is 4.57 Å². The third-order valence-electron chi connectivity index (χ3n) is 14.2. The van der Waals surface area contributed by atoms with Gasteiger partial charge in [0, 0.05) is 66.7 Å². The smallest absolute Gasteiger partial charge is 0.143 e. The van der Waals surface area contributed by atoms with Gasteiger partial charge < -0.3 is 23.7 Å². The Bertz CT molecular complexity index is 4240. The van der Waals surface area contributed by atoms with Crippen molar-refractivity contribution in [3.63, 3.8) is 0 Å². The second kappa shape index (κ2) is 17.5. The number of benzene rings is 12. The molecule has 0 unspecified atom stereocenters. The standard InChI is InChI=1S/C68H46N4O/c1-5-22-47(23-6-1)69(48-24-7-2-8-25-48)51-30-21-31-52(42-51)70(49-26-9-3-10-27-49)54-43-55(45-56(44-54)72-64-37-18-15-33-59(64)60-34-16-19-38-65(60)72)71(50-28-11-4-12-29-50)53-40-41-58-57-32-13-14-35-61(57)68-67(63(58)46-53)62-36-17-20-39-66(62)73-68/h1-46H. The van der Waals surface area contributed by atoms with E-state index in [1.54, 1.807) is 0 Å². The van der Waals surface area contributed by atoms with Crippen LogP contribution in [-0.2, 0) is 0 Å². The topological polar surface area (TPSA) is 27.8 Å². The lowest BCUT2D eigenvalue weighted by Gasteiger charge is -2.31. The Morgan fingerprint density at radius 3 is 1.16 bits per heavy atom. The molecule has 0 saturated heterocycles. The Kier molecular flexibility index (Phi) is 10.1. The van der Waals surface area contributed by atoms with Gasteiger partial charge in [0.2, 0.25) is 0 Å². The van der Waals surface area contributed by atoms with Crippen molar-refractivity contribution in [3.05, 3.63) is 279 Å².